The van der Waals surface area contributed by atoms with Crippen molar-refractivity contribution in [3.63, 3.8) is 0 Å². The number of aliphatic hydroxyl groups is 3. The lowest BCUT2D eigenvalue weighted by Crippen LogP contribution is -2.52. The second-order valence-corrected chi connectivity index (χ2v) is 9.66. The largest absolute Gasteiger partial charge is 0.481 e. The Kier molecular flexibility index (Phi) is 13.4. The maximum atomic E-state index is 11.2. The number of rotatable bonds is 14. The molecular formula is C27H43N5O5. The smallest absolute Gasteiger partial charge is 0.303 e. The Morgan fingerprint density at radius 1 is 1.08 bits per heavy atom. The molecule has 1 aliphatic rings. The van der Waals surface area contributed by atoms with Gasteiger partial charge in [0.2, 0.25) is 0 Å². The van der Waals surface area contributed by atoms with Crippen LogP contribution in [0, 0.1) is 6.92 Å². The van der Waals surface area contributed by atoms with Crippen LogP contribution in [0.25, 0.3) is 0 Å². The van der Waals surface area contributed by atoms with Gasteiger partial charge in [-0.25, -0.2) is 15.0 Å². The second-order valence-electron chi connectivity index (χ2n) is 9.66. The minimum atomic E-state index is -0.917. The Hall–Kier alpha value is -2.66. The topological polar surface area (TPSA) is 161 Å². The summed E-state index contributed by atoms with van der Waals surface area (Å²) >= 11 is 0. The fraction of sp³-hybridized carbons (Fsp3) is 0.630. The average molecular weight is 518 g/mol. The number of aryl methyl sites for hydroxylation is 3. The highest BCUT2D eigenvalue weighted by Gasteiger charge is 2.24. The molecule has 1 atom stereocenters. The summed E-state index contributed by atoms with van der Waals surface area (Å²) in [5, 5.41) is 41.0. The Labute approximate surface area is 219 Å². The lowest BCUT2D eigenvalue weighted by atomic mass is 9.92. The number of fused-ring (bicyclic) bond motifs is 1. The van der Waals surface area contributed by atoms with Crippen molar-refractivity contribution in [2.24, 2.45) is 0 Å². The standard InChI is InChI=1S/C22H30N4O2.C5H13NO3/c1-16-24-14-19(15-25-16)18(13-21(27)28)7-4-2-3-5-9-20-11-10-17-8-6-12-23-22(17)26-20;1-6-5(2-7,3-8)4-9/h10-11,14-15,18H,2-9,12-13H2,1H3,(H,23,26)(H,27,28);6-9H,2-4H2,1H3. The number of pyridine rings is 1. The van der Waals surface area contributed by atoms with Gasteiger partial charge in [0.05, 0.1) is 31.8 Å². The average Bonchev–Trinajstić information content (AvgIpc) is 2.92. The van der Waals surface area contributed by atoms with Gasteiger partial charge < -0.3 is 31.1 Å². The molecule has 0 saturated heterocycles. The number of carboxylic acids is 1. The van der Waals surface area contributed by atoms with Gasteiger partial charge in [-0.3, -0.25) is 4.79 Å². The number of nitrogens with one attached hydrogen (secondary N) is 2. The second kappa shape index (κ2) is 16.2. The van der Waals surface area contributed by atoms with Crippen LogP contribution in [0.4, 0.5) is 5.82 Å². The molecule has 3 heterocycles. The van der Waals surface area contributed by atoms with E-state index in [1.54, 1.807) is 19.4 Å². The zero-order valence-corrected chi connectivity index (χ0v) is 22.1. The number of aromatic nitrogens is 3. The molecule has 0 amide bonds. The van der Waals surface area contributed by atoms with E-state index >= 15 is 0 Å². The molecule has 3 rings (SSSR count). The van der Waals surface area contributed by atoms with Crippen molar-refractivity contribution in [3.05, 3.63) is 47.2 Å². The number of carboxylic acid groups (broad SMARTS) is 1. The summed E-state index contributed by atoms with van der Waals surface area (Å²) in [6.45, 7) is 2.06. The third kappa shape index (κ3) is 10.3. The summed E-state index contributed by atoms with van der Waals surface area (Å²) in [5.41, 5.74) is 2.51. The van der Waals surface area contributed by atoms with E-state index in [0.29, 0.717) is 5.82 Å². The van der Waals surface area contributed by atoms with Gasteiger partial charge in [0, 0.05) is 24.6 Å². The van der Waals surface area contributed by atoms with Crippen molar-refractivity contribution in [2.75, 3.05) is 38.7 Å². The van der Waals surface area contributed by atoms with E-state index in [1.807, 2.05) is 6.92 Å². The molecule has 0 fully saturated rings. The van der Waals surface area contributed by atoms with Crippen molar-refractivity contribution in [1.82, 2.24) is 20.3 Å². The van der Waals surface area contributed by atoms with E-state index in [4.69, 9.17) is 20.3 Å². The maximum absolute atomic E-state index is 11.2. The minimum absolute atomic E-state index is 0.00788. The summed E-state index contributed by atoms with van der Waals surface area (Å²) in [7, 11) is 1.57. The van der Waals surface area contributed by atoms with Gasteiger partial charge in [-0.2, -0.15) is 0 Å². The van der Waals surface area contributed by atoms with Crippen LogP contribution in [-0.2, 0) is 17.6 Å². The zero-order chi connectivity index (χ0) is 27.1. The van der Waals surface area contributed by atoms with Crippen molar-refractivity contribution < 1.29 is 25.2 Å². The number of aliphatic hydroxyl groups excluding tert-OH is 3. The van der Waals surface area contributed by atoms with E-state index in [0.717, 1.165) is 68.6 Å². The first kappa shape index (κ1) is 30.6. The first-order chi connectivity index (χ1) is 17.9. The number of anilines is 1. The first-order valence-corrected chi connectivity index (χ1v) is 13.1. The molecule has 0 bridgehead atoms. The fourth-order valence-corrected chi connectivity index (χ4v) is 4.16. The number of aliphatic carboxylic acids is 1. The monoisotopic (exact) mass is 517 g/mol. The number of hydrogen-bond donors (Lipinski definition) is 6. The van der Waals surface area contributed by atoms with Crippen LogP contribution in [0.3, 0.4) is 0 Å². The fourth-order valence-electron chi connectivity index (χ4n) is 4.16. The highest BCUT2D eigenvalue weighted by Crippen LogP contribution is 2.26. The summed E-state index contributed by atoms with van der Waals surface area (Å²) < 4.78 is 0. The SMILES string of the molecule is CNC(CO)(CO)CO.Cc1ncc(C(CCCCCCc2ccc3c(n2)NCCC3)CC(=O)O)cn1. The molecule has 10 heteroatoms. The van der Waals surface area contributed by atoms with Crippen molar-refractivity contribution in [3.8, 4) is 0 Å². The van der Waals surface area contributed by atoms with Gasteiger partial charge in [-0.1, -0.05) is 25.3 Å². The molecule has 6 N–H and O–H groups in total. The quantitative estimate of drug-likeness (QED) is 0.205. The normalized spacial score (nSPS) is 13.6. The Balaban J connectivity index is 0.000000458. The zero-order valence-electron chi connectivity index (χ0n) is 22.1. The molecular weight excluding hydrogens is 474 g/mol. The molecule has 0 saturated carbocycles. The van der Waals surface area contributed by atoms with E-state index in [1.165, 1.54) is 12.0 Å². The van der Waals surface area contributed by atoms with Crippen LogP contribution >= 0.6 is 0 Å². The van der Waals surface area contributed by atoms with Gasteiger partial charge >= 0.3 is 5.97 Å². The molecule has 10 nitrogen and oxygen atoms in total. The summed E-state index contributed by atoms with van der Waals surface area (Å²) in [5.74, 6) is 1.01. The molecule has 0 aliphatic carbocycles. The molecule has 2 aromatic rings. The third-order valence-corrected chi connectivity index (χ3v) is 6.82. The van der Waals surface area contributed by atoms with Gasteiger partial charge in [-0.15, -0.1) is 0 Å². The highest BCUT2D eigenvalue weighted by molar-refractivity contribution is 5.68. The highest BCUT2D eigenvalue weighted by atomic mass is 16.4. The number of likely N-dealkylation sites (N-methyl/N-ethyl adjacent to an activating group) is 1. The van der Waals surface area contributed by atoms with E-state index in [-0.39, 0.29) is 32.2 Å². The van der Waals surface area contributed by atoms with Crippen LogP contribution < -0.4 is 10.6 Å². The lowest BCUT2D eigenvalue weighted by Gasteiger charge is -2.26. The first-order valence-electron chi connectivity index (χ1n) is 13.1. The Morgan fingerprint density at radius 2 is 1.76 bits per heavy atom. The van der Waals surface area contributed by atoms with Crippen LogP contribution in [-0.4, -0.2) is 80.3 Å². The van der Waals surface area contributed by atoms with Crippen LogP contribution in [0.15, 0.2) is 24.5 Å². The van der Waals surface area contributed by atoms with E-state index in [9.17, 15) is 9.90 Å². The molecule has 0 radical (unpaired) electrons. The molecule has 206 valence electrons. The molecule has 0 aromatic carbocycles. The molecule has 2 aromatic heterocycles. The number of unbranched alkanes of at least 4 members (excludes halogenated alkanes) is 3. The summed E-state index contributed by atoms with van der Waals surface area (Å²) in [4.78, 5) is 24.4. The minimum Gasteiger partial charge on any atom is -0.481 e. The number of nitrogens with zero attached hydrogens (tertiary/aromatic N) is 3. The molecule has 1 unspecified atom stereocenters. The third-order valence-electron chi connectivity index (χ3n) is 6.82. The van der Waals surface area contributed by atoms with Gasteiger partial charge in [0.15, 0.2) is 0 Å². The molecule has 0 spiro atoms. The molecule has 1 aliphatic heterocycles. The predicted octanol–water partition coefficient (Wildman–Crippen LogP) is 2.21. The van der Waals surface area contributed by atoms with Gasteiger partial charge in [0.25, 0.3) is 0 Å². The summed E-state index contributed by atoms with van der Waals surface area (Å²) in [6.07, 6.45) is 12.2. The van der Waals surface area contributed by atoms with Crippen molar-refractivity contribution in [1.29, 1.82) is 0 Å². The van der Waals surface area contributed by atoms with Crippen LogP contribution in [0.5, 0.6) is 0 Å². The van der Waals surface area contributed by atoms with Gasteiger partial charge in [-0.05, 0) is 69.2 Å². The number of hydrogen-bond acceptors (Lipinski definition) is 9. The van der Waals surface area contributed by atoms with E-state index in [2.05, 4.69) is 32.7 Å². The Morgan fingerprint density at radius 3 is 2.35 bits per heavy atom. The van der Waals surface area contributed by atoms with Crippen molar-refractivity contribution in [2.45, 2.75) is 76.2 Å². The summed E-state index contributed by atoms with van der Waals surface area (Å²) in [6, 6.07) is 4.37. The molecule has 37 heavy (non-hydrogen) atoms. The van der Waals surface area contributed by atoms with Crippen LogP contribution in [0.1, 0.15) is 73.5 Å². The Bertz CT molecular complexity index is 920. The lowest BCUT2D eigenvalue weighted by molar-refractivity contribution is -0.137. The number of carbonyl (C=O) groups is 1. The maximum Gasteiger partial charge on any atom is 0.303 e. The van der Waals surface area contributed by atoms with Crippen LogP contribution in [0.2, 0.25) is 0 Å². The van der Waals surface area contributed by atoms with Crippen molar-refractivity contribution >= 4 is 11.8 Å². The van der Waals surface area contributed by atoms with E-state index < -0.39 is 11.5 Å². The van der Waals surface area contributed by atoms with Gasteiger partial charge in [0.1, 0.15) is 11.6 Å². The predicted molar refractivity (Wildman–Crippen MR) is 143 cm³/mol.